The zero-order chi connectivity index (χ0) is 19.4. The summed E-state index contributed by atoms with van der Waals surface area (Å²) in [5.74, 6) is 0.596. The van der Waals surface area contributed by atoms with E-state index in [0.29, 0.717) is 33.1 Å². The first kappa shape index (κ1) is 19.1. The van der Waals surface area contributed by atoms with Gasteiger partial charge in [0.05, 0.1) is 11.7 Å². The van der Waals surface area contributed by atoms with E-state index in [4.69, 9.17) is 9.47 Å². The van der Waals surface area contributed by atoms with E-state index in [1.807, 2.05) is 44.2 Å². The number of para-hydroxylation sites is 1. The van der Waals surface area contributed by atoms with E-state index in [1.54, 1.807) is 17.8 Å². The number of fused-ring (bicyclic) bond motifs is 1. The summed E-state index contributed by atoms with van der Waals surface area (Å²) in [6.07, 6.45) is 1.55. The first-order valence-electron chi connectivity index (χ1n) is 8.81. The van der Waals surface area contributed by atoms with Crippen LogP contribution in [-0.2, 0) is 11.3 Å². The van der Waals surface area contributed by atoms with Crippen LogP contribution in [0.2, 0.25) is 0 Å². The molecule has 0 aliphatic heterocycles. The number of hydrogen-bond acceptors (Lipinski definition) is 6. The highest BCUT2D eigenvalue weighted by Crippen LogP contribution is 2.27. The van der Waals surface area contributed by atoms with Gasteiger partial charge < -0.3 is 9.47 Å². The van der Waals surface area contributed by atoms with Crippen LogP contribution in [0.15, 0.2) is 41.5 Å². The molecular formula is C20H22N2O4S. The lowest BCUT2D eigenvalue weighted by molar-refractivity contribution is 0.0455. The van der Waals surface area contributed by atoms with Crippen molar-refractivity contribution in [2.24, 2.45) is 5.92 Å². The van der Waals surface area contributed by atoms with E-state index >= 15 is 0 Å². The van der Waals surface area contributed by atoms with Gasteiger partial charge in [0.25, 0.3) is 5.56 Å². The Hall–Kier alpha value is -2.67. The molecule has 27 heavy (non-hydrogen) atoms. The van der Waals surface area contributed by atoms with Crippen LogP contribution in [0.4, 0.5) is 0 Å². The summed E-state index contributed by atoms with van der Waals surface area (Å²) >= 11 is 1.19. The summed E-state index contributed by atoms with van der Waals surface area (Å²) in [5, 5.41) is 0.496. The molecule has 0 atom stereocenters. The van der Waals surface area contributed by atoms with Gasteiger partial charge in [0.15, 0.2) is 0 Å². The molecule has 3 rings (SSSR count). The van der Waals surface area contributed by atoms with Crippen molar-refractivity contribution in [3.63, 3.8) is 0 Å². The zero-order valence-electron chi connectivity index (χ0n) is 15.6. The molecule has 0 saturated heterocycles. The predicted molar refractivity (Wildman–Crippen MR) is 106 cm³/mol. The van der Waals surface area contributed by atoms with E-state index in [9.17, 15) is 9.59 Å². The van der Waals surface area contributed by atoms with Gasteiger partial charge in [0.1, 0.15) is 28.7 Å². The van der Waals surface area contributed by atoms with Crippen molar-refractivity contribution in [1.29, 1.82) is 0 Å². The summed E-state index contributed by atoms with van der Waals surface area (Å²) in [6, 6.07) is 9.33. The molecular weight excluding hydrogens is 364 g/mol. The monoisotopic (exact) mass is 386 g/mol. The minimum absolute atomic E-state index is 0.117. The van der Waals surface area contributed by atoms with Gasteiger partial charge in [-0.2, -0.15) is 0 Å². The molecule has 0 unspecified atom stereocenters. The van der Waals surface area contributed by atoms with Crippen molar-refractivity contribution in [2.45, 2.75) is 27.3 Å². The molecule has 0 bridgehead atoms. The molecule has 6 nitrogen and oxygen atoms in total. The average Bonchev–Trinajstić information content (AvgIpc) is 2.99. The maximum atomic E-state index is 12.7. The number of hydrogen-bond donors (Lipinski definition) is 0. The van der Waals surface area contributed by atoms with Gasteiger partial charge in [-0.15, -0.1) is 11.3 Å². The molecule has 0 radical (unpaired) electrons. The molecule has 0 fully saturated rings. The lowest BCUT2D eigenvalue weighted by Gasteiger charge is -2.08. The Morgan fingerprint density at radius 2 is 1.96 bits per heavy atom. The Morgan fingerprint density at radius 1 is 1.22 bits per heavy atom. The number of esters is 1. The fourth-order valence-electron chi connectivity index (χ4n) is 2.75. The third kappa shape index (κ3) is 4.36. The van der Waals surface area contributed by atoms with E-state index < -0.39 is 5.97 Å². The van der Waals surface area contributed by atoms with Gasteiger partial charge in [-0.1, -0.05) is 32.0 Å². The van der Waals surface area contributed by atoms with Crippen LogP contribution in [0, 0.1) is 12.8 Å². The Kier molecular flexibility index (Phi) is 5.91. The summed E-state index contributed by atoms with van der Waals surface area (Å²) in [5.41, 5.74) is 0.508. The number of benzene rings is 1. The standard InChI is InChI=1S/C20H22N2O4S/c1-13(2)11-22-12-21-18-16(19(22)23)14(3)17(27-18)20(24)26-10-9-25-15-7-5-4-6-8-15/h4-8,12-13H,9-11H2,1-3H3. The van der Waals surface area contributed by atoms with Crippen LogP contribution in [0.3, 0.4) is 0 Å². The maximum absolute atomic E-state index is 12.7. The van der Waals surface area contributed by atoms with Gasteiger partial charge in [-0.25, -0.2) is 9.78 Å². The number of aromatic nitrogens is 2. The van der Waals surface area contributed by atoms with Crippen molar-refractivity contribution in [3.8, 4) is 5.75 Å². The van der Waals surface area contributed by atoms with Gasteiger partial charge in [-0.3, -0.25) is 9.36 Å². The molecule has 0 amide bonds. The number of carbonyl (C=O) groups is 1. The molecule has 1 aromatic carbocycles. The molecule has 2 heterocycles. The van der Waals surface area contributed by atoms with Crippen LogP contribution < -0.4 is 10.3 Å². The van der Waals surface area contributed by atoms with E-state index in [0.717, 1.165) is 5.75 Å². The van der Waals surface area contributed by atoms with E-state index in [-0.39, 0.29) is 18.8 Å². The second kappa shape index (κ2) is 8.35. The fourth-order valence-corrected chi connectivity index (χ4v) is 3.79. The van der Waals surface area contributed by atoms with Crippen LogP contribution in [0.5, 0.6) is 5.75 Å². The normalized spacial score (nSPS) is 11.1. The Morgan fingerprint density at radius 3 is 2.67 bits per heavy atom. The van der Waals surface area contributed by atoms with Crippen molar-refractivity contribution in [3.05, 3.63) is 57.5 Å². The van der Waals surface area contributed by atoms with Gasteiger partial charge in [0.2, 0.25) is 0 Å². The second-order valence-corrected chi connectivity index (χ2v) is 7.63. The molecule has 0 saturated carbocycles. The van der Waals surface area contributed by atoms with Gasteiger partial charge >= 0.3 is 5.97 Å². The van der Waals surface area contributed by atoms with Crippen LogP contribution in [0.1, 0.15) is 29.1 Å². The second-order valence-electron chi connectivity index (χ2n) is 6.63. The third-order valence-electron chi connectivity index (χ3n) is 3.99. The summed E-state index contributed by atoms with van der Waals surface area (Å²) < 4.78 is 12.4. The van der Waals surface area contributed by atoms with Gasteiger partial charge in [0, 0.05) is 6.54 Å². The Labute approximate surface area is 161 Å². The number of aryl methyl sites for hydroxylation is 1. The minimum Gasteiger partial charge on any atom is -0.490 e. The highest BCUT2D eigenvalue weighted by Gasteiger charge is 2.20. The van der Waals surface area contributed by atoms with Crippen molar-refractivity contribution in [2.75, 3.05) is 13.2 Å². The molecule has 0 spiro atoms. The topological polar surface area (TPSA) is 70.4 Å². The number of carbonyl (C=O) groups excluding carboxylic acids is 1. The quantitative estimate of drug-likeness (QED) is 0.458. The van der Waals surface area contributed by atoms with Crippen molar-refractivity contribution >= 4 is 27.5 Å². The average molecular weight is 386 g/mol. The molecule has 142 valence electrons. The lowest BCUT2D eigenvalue weighted by atomic mass is 10.2. The number of ether oxygens (including phenoxy) is 2. The van der Waals surface area contributed by atoms with E-state index in [1.165, 1.54) is 11.3 Å². The first-order chi connectivity index (χ1) is 13.0. The summed E-state index contributed by atoms with van der Waals surface area (Å²) in [7, 11) is 0. The highest BCUT2D eigenvalue weighted by molar-refractivity contribution is 7.20. The van der Waals surface area contributed by atoms with Crippen LogP contribution >= 0.6 is 11.3 Å². The molecule has 7 heteroatoms. The zero-order valence-corrected chi connectivity index (χ0v) is 16.4. The summed E-state index contributed by atoms with van der Waals surface area (Å²) in [6.45, 7) is 6.83. The third-order valence-corrected chi connectivity index (χ3v) is 5.17. The number of nitrogens with zero attached hydrogens (tertiary/aromatic N) is 2. The number of rotatable bonds is 7. The smallest absolute Gasteiger partial charge is 0.348 e. The molecule has 0 N–H and O–H groups in total. The molecule has 0 aliphatic carbocycles. The molecule has 0 aliphatic rings. The van der Waals surface area contributed by atoms with Gasteiger partial charge in [-0.05, 0) is 30.5 Å². The van der Waals surface area contributed by atoms with E-state index in [2.05, 4.69) is 4.98 Å². The predicted octanol–water partition coefficient (Wildman–Crippen LogP) is 3.66. The lowest BCUT2D eigenvalue weighted by Crippen LogP contribution is -2.22. The van der Waals surface area contributed by atoms with Crippen molar-refractivity contribution < 1.29 is 14.3 Å². The minimum atomic E-state index is -0.457. The first-order valence-corrected chi connectivity index (χ1v) is 9.62. The molecule has 2 aromatic heterocycles. The fraction of sp³-hybridized carbons (Fsp3) is 0.350. The maximum Gasteiger partial charge on any atom is 0.348 e. The highest BCUT2D eigenvalue weighted by atomic mass is 32.1. The van der Waals surface area contributed by atoms with Crippen LogP contribution in [0.25, 0.3) is 10.2 Å². The SMILES string of the molecule is Cc1c(C(=O)OCCOc2ccccc2)sc2ncn(CC(C)C)c(=O)c12. The summed E-state index contributed by atoms with van der Waals surface area (Å²) in [4.78, 5) is 30.4. The van der Waals surface area contributed by atoms with Crippen LogP contribution in [-0.4, -0.2) is 28.7 Å². The largest absolute Gasteiger partial charge is 0.490 e. The number of thiophene rings is 1. The Balaban J connectivity index is 1.70. The van der Waals surface area contributed by atoms with Crippen molar-refractivity contribution in [1.82, 2.24) is 9.55 Å². The Bertz CT molecular complexity index is 992. The molecule has 3 aromatic rings.